The number of likely N-dealkylation sites (tertiary alicyclic amines) is 1. The maximum atomic E-state index is 13.7. The highest BCUT2D eigenvalue weighted by atomic mass is 16.2. The van der Waals surface area contributed by atoms with Gasteiger partial charge in [-0.1, -0.05) is 36.8 Å². The maximum Gasteiger partial charge on any atom is 0.282 e. The Morgan fingerprint density at radius 3 is 2.38 bits per heavy atom. The molecule has 1 unspecified atom stereocenters. The smallest absolute Gasteiger partial charge is 0.282 e. The number of nitrogens with zero attached hydrogens (tertiary/aromatic N) is 2. The van der Waals surface area contributed by atoms with E-state index in [1.165, 1.54) is 11.8 Å². The van der Waals surface area contributed by atoms with E-state index in [9.17, 15) is 14.4 Å². The van der Waals surface area contributed by atoms with E-state index in [-0.39, 0.29) is 17.7 Å². The summed E-state index contributed by atoms with van der Waals surface area (Å²) < 4.78 is 0. The van der Waals surface area contributed by atoms with Crippen LogP contribution in [-0.4, -0.2) is 35.7 Å². The summed E-state index contributed by atoms with van der Waals surface area (Å²) in [7, 11) is 0. The van der Waals surface area contributed by atoms with Gasteiger partial charge in [-0.05, 0) is 61.9 Å². The van der Waals surface area contributed by atoms with Gasteiger partial charge in [-0.15, -0.1) is 0 Å². The summed E-state index contributed by atoms with van der Waals surface area (Å²) in [6.07, 6.45) is 2.11. The van der Waals surface area contributed by atoms with Crippen molar-refractivity contribution in [2.24, 2.45) is 5.92 Å². The quantitative estimate of drug-likeness (QED) is 0.734. The normalized spacial score (nSPS) is 19.1. The summed E-state index contributed by atoms with van der Waals surface area (Å²) in [4.78, 5) is 42.2. The Balaban J connectivity index is 1.80. The van der Waals surface area contributed by atoms with Crippen molar-refractivity contribution in [1.29, 1.82) is 0 Å². The molecule has 2 aliphatic heterocycles. The molecule has 0 saturated carbocycles. The van der Waals surface area contributed by atoms with Crippen LogP contribution in [0.1, 0.15) is 43.4 Å². The number of aryl methyl sites for hydroxylation is 2. The summed E-state index contributed by atoms with van der Waals surface area (Å²) in [5.41, 5.74) is 4.83. The van der Waals surface area contributed by atoms with Crippen molar-refractivity contribution < 1.29 is 14.4 Å². The van der Waals surface area contributed by atoms with Gasteiger partial charge in [-0.3, -0.25) is 14.4 Å². The molecule has 3 amide bonds. The predicted molar refractivity (Wildman–Crippen MR) is 126 cm³/mol. The van der Waals surface area contributed by atoms with E-state index >= 15 is 0 Å². The minimum atomic E-state index is -0.303. The molecule has 0 spiro atoms. The molecule has 1 N–H and O–H groups in total. The second-order valence-corrected chi connectivity index (χ2v) is 8.91. The number of carbonyl (C=O) groups is 3. The van der Waals surface area contributed by atoms with Crippen LogP contribution in [0.15, 0.2) is 48.2 Å². The Hall–Kier alpha value is -3.41. The van der Waals surface area contributed by atoms with Crippen LogP contribution in [0.5, 0.6) is 0 Å². The molecule has 2 aromatic carbocycles. The van der Waals surface area contributed by atoms with Crippen LogP contribution in [0.2, 0.25) is 0 Å². The molecule has 6 heteroatoms. The predicted octanol–water partition coefficient (Wildman–Crippen LogP) is 4.28. The fourth-order valence-corrected chi connectivity index (χ4v) is 4.66. The zero-order valence-electron chi connectivity index (χ0n) is 19.1. The Morgan fingerprint density at radius 2 is 1.75 bits per heavy atom. The van der Waals surface area contributed by atoms with Gasteiger partial charge < -0.3 is 10.2 Å². The molecule has 6 nitrogen and oxygen atoms in total. The molecular weight excluding hydrogens is 402 g/mol. The van der Waals surface area contributed by atoms with E-state index in [4.69, 9.17) is 0 Å². The summed E-state index contributed by atoms with van der Waals surface area (Å²) in [5, 5.41) is 2.74. The first-order valence-corrected chi connectivity index (χ1v) is 11.1. The molecular formula is C26H29N3O3. The van der Waals surface area contributed by atoms with Crippen molar-refractivity contribution >= 4 is 34.7 Å². The molecule has 0 aromatic heterocycles. The number of amides is 3. The first-order chi connectivity index (χ1) is 15.3. The van der Waals surface area contributed by atoms with E-state index in [0.29, 0.717) is 34.1 Å². The number of rotatable bonds is 4. The van der Waals surface area contributed by atoms with E-state index in [1.54, 1.807) is 24.3 Å². The van der Waals surface area contributed by atoms with Crippen molar-refractivity contribution in [2.45, 2.75) is 40.5 Å². The highest BCUT2D eigenvalue weighted by Crippen LogP contribution is 2.37. The average molecular weight is 432 g/mol. The number of carbonyl (C=O) groups excluding carboxylic acids is 3. The van der Waals surface area contributed by atoms with Gasteiger partial charge >= 0.3 is 0 Å². The van der Waals surface area contributed by atoms with Crippen LogP contribution in [0.25, 0.3) is 5.57 Å². The van der Waals surface area contributed by atoms with Gasteiger partial charge in [0.15, 0.2) is 0 Å². The van der Waals surface area contributed by atoms with Gasteiger partial charge in [0.05, 0.1) is 11.3 Å². The minimum absolute atomic E-state index is 0.159. The lowest BCUT2D eigenvalue weighted by Gasteiger charge is -2.33. The van der Waals surface area contributed by atoms with Crippen molar-refractivity contribution in [1.82, 2.24) is 4.90 Å². The molecule has 0 aliphatic carbocycles. The molecule has 2 aliphatic rings. The molecule has 1 atom stereocenters. The topological polar surface area (TPSA) is 69.7 Å². The zero-order chi connectivity index (χ0) is 23.0. The van der Waals surface area contributed by atoms with Crippen LogP contribution >= 0.6 is 0 Å². The first-order valence-electron chi connectivity index (χ1n) is 11.1. The Bertz CT molecular complexity index is 1120. The fraction of sp³-hybridized carbons (Fsp3) is 0.346. The highest BCUT2D eigenvalue weighted by molar-refractivity contribution is 6.45. The largest absolute Gasteiger partial charge is 0.366 e. The number of hydrogen-bond acceptors (Lipinski definition) is 4. The molecule has 1 fully saturated rings. The van der Waals surface area contributed by atoms with E-state index < -0.39 is 0 Å². The van der Waals surface area contributed by atoms with E-state index in [1.807, 2.05) is 32.0 Å². The average Bonchev–Trinajstić information content (AvgIpc) is 2.99. The highest BCUT2D eigenvalue weighted by Gasteiger charge is 2.43. The summed E-state index contributed by atoms with van der Waals surface area (Å²) in [6, 6.07) is 12.9. The lowest BCUT2D eigenvalue weighted by molar-refractivity contribution is -0.121. The molecule has 2 heterocycles. The Labute approximate surface area is 188 Å². The second kappa shape index (κ2) is 8.61. The summed E-state index contributed by atoms with van der Waals surface area (Å²) in [6.45, 7) is 9.05. The number of benzene rings is 2. The van der Waals surface area contributed by atoms with Crippen molar-refractivity contribution in [2.75, 3.05) is 23.3 Å². The maximum absolute atomic E-state index is 13.7. The Kier molecular flexibility index (Phi) is 5.87. The third kappa shape index (κ3) is 4.05. The molecule has 1 saturated heterocycles. The monoisotopic (exact) mass is 431 g/mol. The van der Waals surface area contributed by atoms with Crippen LogP contribution in [0.4, 0.5) is 11.4 Å². The van der Waals surface area contributed by atoms with Gasteiger partial charge in [-0.2, -0.15) is 0 Å². The molecule has 166 valence electrons. The van der Waals surface area contributed by atoms with Gasteiger partial charge in [0.25, 0.3) is 11.8 Å². The van der Waals surface area contributed by atoms with Crippen molar-refractivity contribution in [3.8, 4) is 0 Å². The van der Waals surface area contributed by atoms with E-state index in [2.05, 4.69) is 17.1 Å². The van der Waals surface area contributed by atoms with Gasteiger partial charge in [0.2, 0.25) is 5.91 Å². The molecule has 0 bridgehead atoms. The summed E-state index contributed by atoms with van der Waals surface area (Å²) in [5.74, 6) is -0.273. The SMILES string of the molecule is CC(=O)Nc1ccc(C2=C(N3CCCC(C)C3)C(=O)N(c3ccc(C)cc3C)C2=O)cc1. The first kappa shape index (κ1) is 21.8. The zero-order valence-corrected chi connectivity index (χ0v) is 19.1. The standard InChI is InChI=1S/C26H29N3O3/c1-16-7-12-22(18(3)14-16)29-25(31)23(20-8-10-21(11-9-20)27-19(4)30)24(26(29)32)28-13-5-6-17(2)15-28/h7-12,14,17H,5-6,13,15H2,1-4H3,(H,27,30). The Morgan fingerprint density at radius 1 is 1.03 bits per heavy atom. The molecule has 4 rings (SSSR count). The number of nitrogens with one attached hydrogen (secondary N) is 1. The third-order valence-electron chi connectivity index (χ3n) is 6.12. The summed E-state index contributed by atoms with van der Waals surface area (Å²) >= 11 is 0. The van der Waals surface area contributed by atoms with Crippen molar-refractivity contribution in [3.05, 3.63) is 64.9 Å². The van der Waals surface area contributed by atoms with E-state index in [0.717, 1.165) is 37.1 Å². The van der Waals surface area contributed by atoms with Crippen LogP contribution in [0, 0.1) is 19.8 Å². The molecule has 0 radical (unpaired) electrons. The lowest BCUT2D eigenvalue weighted by atomic mass is 9.97. The molecule has 2 aromatic rings. The van der Waals surface area contributed by atoms with Gasteiger partial charge in [0.1, 0.15) is 5.70 Å². The fourth-order valence-electron chi connectivity index (χ4n) is 4.66. The number of hydrogen-bond donors (Lipinski definition) is 1. The van der Waals surface area contributed by atoms with Crippen molar-refractivity contribution in [3.63, 3.8) is 0 Å². The minimum Gasteiger partial charge on any atom is -0.366 e. The van der Waals surface area contributed by atoms with Gasteiger partial charge in [0, 0.05) is 25.7 Å². The third-order valence-corrected chi connectivity index (χ3v) is 6.12. The van der Waals surface area contributed by atoms with Crippen LogP contribution < -0.4 is 10.2 Å². The number of anilines is 2. The number of piperidine rings is 1. The van der Waals surface area contributed by atoms with Crippen LogP contribution in [-0.2, 0) is 14.4 Å². The number of imide groups is 1. The second-order valence-electron chi connectivity index (χ2n) is 8.91. The van der Waals surface area contributed by atoms with Gasteiger partial charge in [-0.25, -0.2) is 4.90 Å². The van der Waals surface area contributed by atoms with Crippen LogP contribution in [0.3, 0.4) is 0 Å². The molecule has 32 heavy (non-hydrogen) atoms. The lowest BCUT2D eigenvalue weighted by Crippen LogP contribution is -2.39.